The third-order valence-electron chi connectivity index (χ3n) is 4.68. The molecular weight excluding hydrogens is 472 g/mol. The summed E-state index contributed by atoms with van der Waals surface area (Å²) in [6.07, 6.45) is 6.46. The highest BCUT2D eigenvalue weighted by molar-refractivity contribution is 14.0. The first-order chi connectivity index (χ1) is 11.2. The summed E-state index contributed by atoms with van der Waals surface area (Å²) in [5, 5.41) is 3.18. The molecule has 0 aromatic heterocycles. The summed E-state index contributed by atoms with van der Waals surface area (Å²) in [6.45, 7) is 0.154. The second-order valence-electron chi connectivity index (χ2n) is 6.50. The van der Waals surface area contributed by atoms with Gasteiger partial charge in [-0.3, -0.25) is 4.99 Å². The molecule has 1 aliphatic carbocycles. The maximum atomic E-state index is 12.5. The lowest BCUT2D eigenvalue weighted by molar-refractivity contribution is -0.0496. The first-order valence-electron chi connectivity index (χ1n) is 8.33. The van der Waals surface area contributed by atoms with E-state index in [1.165, 1.54) is 19.3 Å². The van der Waals surface area contributed by atoms with E-state index >= 15 is 0 Å². The second-order valence-corrected chi connectivity index (χ2v) is 8.43. The van der Waals surface area contributed by atoms with Crippen LogP contribution in [0.25, 0.3) is 0 Å². The van der Waals surface area contributed by atoms with Crippen molar-refractivity contribution in [3.05, 3.63) is 0 Å². The molecule has 25 heavy (non-hydrogen) atoms. The van der Waals surface area contributed by atoms with Crippen LogP contribution in [0.4, 0.5) is 13.2 Å². The fourth-order valence-electron chi connectivity index (χ4n) is 3.21. The molecule has 11 heteroatoms. The molecule has 0 aromatic rings. The molecule has 1 saturated carbocycles. The third-order valence-corrected chi connectivity index (χ3v) is 6.31. The number of alkyl halides is 3. The van der Waals surface area contributed by atoms with Gasteiger partial charge in [-0.15, -0.1) is 24.0 Å². The van der Waals surface area contributed by atoms with Crippen LogP contribution < -0.4 is 11.1 Å². The van der Waals surface area contributed by atoms with Crippen LogP contribution in [0.5, 0.6) is 0 Å². The highest BCUT2D eigenvalue weighted by Gasteiger charge is 2.50. The Balaban J connectivity index is 0.00000312. The minimum absolute atomic E-state index is 0. The molecule has 1 heterocycles. The molecule has 0 unspecified atom stereocenters. The second kappa shape index (κ2) is 9.58. The fraction of sp³-hybridized carbons (Fsp3) is 0.929. The van der Waals surface area contributed by atoms with Crippen molar-refractivity contribution >= 4 is 40.0 Å². The maximum absolute atomic E-state index is 12.5. The predicted molar refractivity (Wildman–Crippen MR) is 101 cm³/mol. The molecule has 0 atom stereocenters. The van der Waals surface area contributed by atoms with Crippen molar-refractivity contribution in [2.24, 2.45) is 16.6 Å². The van der Waals surface area contributed by atoms with Crippen LogP contribution in [-0.2, 0) is 10.0 Å². The van der Waals surface area contributed by atoms with Crippen molar-refractivity contribution in [2.75, 3.05) is 19.6 Å². The summed E-state index contributed by atoms with van der Waals surface area (Å²) in [5.41, 5.74) is 0.629. The molecule has 148 valence electrons. The van der Waals surface area contributed by atoms with E-state index in [1.54, 1.807) is 0 Å². The number of nitrogens with two attached hydrogens (primary N) is 1. The Morgan fingerprint density at radius 3 is 2.20 bits per heavy atom. The van der Waals surface area contributed by atoms with Gasteiger partial charge in [-0.2, -0.15) is 17.5 Å². The Labute approximate surface area is 163 Å². The van der Waals surface area contributed by atoms with Crippen LogP contribution in [-0.4, -0.2) is 49.9 Å². The SMILES string of the molecule is I.NC(=NCC1CCN(S(=O)(=O)C(F)(F)F)CC1)NC1CCCCC1. The Bertz CT molecular complexity index is 543. The molecule has 3 N–H and O–H groups in total. The van der Waals surface area contributed by atoms with Crippen molar-refractivity contribution in [2.45, 2.75) is 56.5 Å². The number of halogens is 4. The van der Waals surface area contributed by atoms with Gasteiger partial charge in [0.05, 0.1) is 0 Å². The van der Waals surface area contributed by atoms with Gasteiger partial charge in [-0.05, 0) is 31.6 Å². The van der Waals surface area contributed by atoms with Crippen LogP contribution in [0, 0.1) is 5.92 Å². The fourth-order valence-corrected chi connectivity index (χ4v) is 4.19. The monoisotopic (exact) mass is 498 g/mol. The Morgan fingerprint density at radius 1 is 1.12 bits per heavy atom. The first-order valence-corrected chi connectivity index (χ1v) is 9.77. The maximum Gasteiger partial charge on any atom is 0.511 e. The molecule has 1 saturated heterocycles. The standard InChI is InChI=1S/C14H25F3N4O2S.HI/c15-14(16,17)24(22,23)21-8-6-11(7-9-21)10-19-13(18)20-12-4-2-1-3-5-12;/h11-12H,1-10H2,(H3,18,19,20);1H. The molecular formula is C14H26F3IN4O2S. The Hall–Kier alpha value is -0.300. The predicted octanol–water partition coefficient (Wildman–Crippen LogP) is 2.40. The number of sulfonamides is 1. The van der Waals surface area contributed by atoms with E-state index in [1.807, 2.05) is 0 Å². The summed E-state index contributed by atoms with van der Waals surface area (Å²) in [6, 6.07) is 0.348. The number of rotatable bonds is 4. The Morgan fingerprint density at radius 2 is 1.68 bits per heavy atom. The lowest BCUT2D eigenvalue weighted by Crippen LogP contribution is -2.45. The number of aliphatic imine (C=N–C) groups is 1. The van der Waals surface area contributed by atoms with Crippen molar-refractivity contribution in [3.63, 3.8) is 0 Å². The normalized spacial score (nSPS) is 22.4. The lowest BCUT2D eigenvalue weighted by atomic mass is 9.96. The van der Waals surface area contributed by atoms with E-state index in [0.29, 0.717) is 35.7 Å². The van der Waals surface area contributed by atoms with Crippen LogP contribution in [0.1, 0.15) is 44.9 Å². The molecule has 2 fully saturated rings. The van der Waals surface area contributed by atoms with Gasteiger partial charge in [0.15, 0.2) is 5.96 Å². The molecule has 0 amide bonds. The van der Waals surface area contributed by atoms with Crippen molar-refractivity contribution in [1.29, 1.82) is 0 Å². The molecule has 6 nitrogen and oxygen atoms in total. The summed E-state index contributed by atoms with van der Waals surface area (Å²) < 4.78 is 60.7. The van der Waals surface area contributed by atoms with Gasteiger partial charge in [-0.25, -0.2) is 8.42 Å². The quantitative estimate of drug-likeness (QED) is 0.354. The van der Waals surface area contributed by atoms with E-state index in [2.05, 4.69) is 10.3 Å². The van der Waals surface area contributed by atoms with Crippen LogP contribution in [0.3, 0.4) is 0 Å². The van der Waals surface area contributed by atoms with E-state index in [-0.39, 0.29) is 43.0 Å². The van der Waals surface area contributed by atoms with Gasteiger partial charge in [0, 0.05) is 25.7 Å². The minimum atomic E-state index is -5.23. The zero-order valence-electron chi connectivity index (χ0n) is 14.0. The van der Waals surface area contributed by atoms with E-state index in [4.69, 9.17) is 5.73 Å². The summed E-state index contributed by atoms with van der Waals surface area (Å²) in [5.74, 6) is 0.420. The van der Waals surface area contributed by atoms with E-state index < -0.39 is 15.5 Å². The number of piperidine rings is 1. The van der Waals surface area contributed by atoms with Gasteiger partial charge in [0.1, 0.15) is 0 Å². The van der Waals surface area contributed by atoms with E-state index in [9.17, 15) is 21.6 Å². The largest absolute Gasteiger partial charge is 0.511 e. The van der Waals surface area contributed by atoms with Crippen LogP contribution in [0.2, 0.25) is 0 Å². The van der Waals surface area contributed by atoms with Gasteiger partial charge in [0.25, 0.3) is 0 Å². The number of nitrogens with zero attached hydrogens (tertiary/aromatic N) is 2. The molecule has 2 rings (SSSR count). The average Bonchev–Trinajstić information content (AvgIpc) is 2.53. The summed E-state index contributed by atoms with van der Waals surface area (Å²) in [4.78, 5) is 4.27. The molecule has 0 spiro atoms. The highest BCUT2D eigenvalue weighted by Crippen LogP contribution is 2.30. The average molecular weight is 498 g/mol. The number of hydrogen-bond acceptors (Lipinski definition) is 3. The lowest BCUT2D eigenvalue weighted by Gasteiger charge is -2.31. The van der Waals surface area contributed by atoms with Crippen LogP contribution in [0.15, 0.2) is 4.99 Å². The zero-order valence-corrected chi connectivity index (χ0v) is 17.1. The number of hydrogen-bond donors (Lipinski definition) is 2. The van der Waals surface area contributed by atoms with Crippen molar-refractivity contribution in [3.8, 4) is 0 Å². The molecule has 0 radical (unpaired) electrons. The van der Waals surface area contributed by atoms with Gasteiger partial charge < -0.3 is 11.1 Å². The number of guanidine groups is 1. The van der Waals surface area contributed by atoms with Crippen LogP contribution >= 0.6 is 24.0 Å². The Kier molecular flexibility index (Phi) is 8.72. The highest BCUT2D eigenvalue weighted by atomic mass is 127. The molecule has 1 aliphatic heterocycles. The third kappa shape index (κ3) is 6.42. The van der Waals surface area contributed by atoms with Gasteiger partial charge >= 0.3 is 15.5 Å². The zero-order chi connectivity index (χ0) is 17.8. The molecule has 2 aliphatic rings. The summed E-state index contributed by atoms with van der Waals surface area (Å²) >= 11 is 0. The summed E-state index contributed by atoms with van der Waals surface area (Å²) in [7, 11) is -5.21. The topological polar surface area (TPSA) is 87.8 Å². The van der Waals surface area contributed by atoms with E-state index in [0.717, 1.165) is 12.8 Å². The van der Waals surface area contributed by atoms with Crippen molar-refractivity contribution in [1.82, 2.24) is 9.62 Å². The molecule has 0 aromatic carbocycles. The first kappa shape index (κ1) is 22.7. The smallest absolute Gasteiger partial charge is 0.370 e. The van der Waals surface area contributed by atoms with Gasteiger partial charge in [0.2, 0.25) is 0 Å². The van der Waals surface area contributed by atoms with Gasteiger partial charge in [-0.1, -0.05) is 19.3 Å². The van der Waals surface area contributed by atoms with Crippen molar-refractivity contribution < 1.29 is 21.6 Å². The minimum Gasteiger partial charge on any atom is -0.370 e. The number of nitrogens with one attached hydrogen (secondary N) is 1. The molecule has 0 bridgehead atoms.